The number of nitrogens with zero attached hydrogens (tertiary/aromatic N) is 3. The van der Waals surface area contributed by atoms with E-state index in [1.54, 1.807) is 30.3 Å². The van der Waals surface area contributed by atoms with Crippen molar-refractivity contribution in [3.8, 4) is 0 Å². The number of nitrogens with one attached hydrogen (secondary N) is 1. The van der Waals surface area contributed by atoms with Gasteiger partial charge in [0.05, 0.1) is 10.9 Å². The molecule has 0 radical (unpaired) electrons. The van der Waals surface area contributed by atoms with Crippen LogP contribution in [0.2, 0.25) is 0 Å². The van der Waals surface area contributed by atoms with Gasteiger partial charge in [0, 0.05) is 57.1 Å². The maximum absolute atomic E-state index is 13.5. The summed E-state index contributed by atoms with van der Waals surface area (Å²) in [5.41, 5.74) is 2.12. The molecule has 5 rings (SSSR count). The first kappa shape index (κ1) is 22.8. The summed E-state index contributed by atoms with van der Waals surface area (Å²) in [5.74, 6) is -0.112. The number of hydrogen-bond acceptors (Lipinski definition) is 4. The van der Waals surface area contributed by atoms with E-state index in [0.717, 1.165) is 31.7 Å². The second-order valence-corrected chi connectivity index (χ2v) is 10.9. The van der Waals surface area contributed by atoms with E-state index >= 15 is 0 Å². The van der Waals surface area contributed by atoms with Crippen LogP contribution in [0.5, 0.6) is 0 Å². The van der Waals surface area contributed by atoms with Crippen molar-refractivity contribution in [2.24, 2.45) is 0 Å². The third kappa shape index (κ3) is 4.80. The number of sulfonamides is 1. The molecule has 0 aliphatic carbocycles. The number of benzene rings is 2. The summed E-state index contributed by atoms with van der Waals surface area (Å²) < 4.78 is 30.4. The zero-order chi connectivity index (χ0) is 23.5. The molecule has 8 heteroatoms. The average Bonchev–Trinajstić information content (AvgIpc) is 3.50. The average molecular weight is 479 g/mol. The Balaban J connectivity index is 1.27. The summed E-state index contributed by atoms with van der Waals surface area (Å²) in [6.45, 7) is 3.51. The van der Waals surface area contributed by atoms with E-state index in [9.17, 15) is 13.2 Å². The minimum Gasteiger partial charge on any atom is -0.352 e. The van der Waals surface area contributed by atoms with Crippen LogP contribution in [0.3, 0.4) is 0 Å². The minimum atomic E-state index is -3.72. The highest BCUT2D eigenvalue weighted by Gasteiger charge is 2.38. The van der Waals surface area contributed by atoms with Gasteiger partial charge < -0.3 is 9.88 Å². The van der Waals surface area contributed by atoms with Crippen LogP contribution in [0, 0.1) is 0 Å². The molecule has 2 atom stereocenters. The SMILES string of the molecule is O=C(CC1c2cccn2CCN1S(=O)(=O)c1ccccc1)NC1CCN(Cc2ccccc2)C1. The molecule has 2 aliphatic heterocycles. The van der Waals surface area contributed by atoms with Gasteiger partial charge in [0.25, 0.3) is 0 Å². The van der Waals surface area contributed by atoms with E-state index in [0.29, 0.717) is 13.1 Å². The summed E-state index contributed by atoms with van der Waals surface area (Å²) in [6, 6.07) is 22.2. The lowest BCUT2D eigenvalue weighted by atomic mass is 10.1. The molecule has 0 spiro atoms. The van der Waals surface area contributed by atoms with Crippen LogP contribution < -0.4 is 5.32 Å². The Morgan fingerprint density at radius 1 is 0.912 bits per heavy atom. The van der Waals surface area contributed by atoms with Crippen molar-refractivity contribution in [2.75, 3.05) is 19.6 Å². The fraction of sp³-hybridized carbons (Fsp3) is 0.346. The van der Waals surface area contributed by atoms with Crippen LogP contribution in [-0.2, 0) is 27.9 Å². The molecule has 1 aromatic heterocycles. The Kier molecular flexibility index (Phi) is 6.54. The standard InChI is InChI=1S/C26H30N4O3S/c31-26(27-22-13-15-28(20-22)19-21-8-3-1-4-9-21)18-25-24-12-7-14-29(24)16-17-30(25)34(32,33)23-10-5-2-6-11-23/h1-12,14,22,25H,13,15-20H2,(H,27,31). The largest absolute Gasteiger partial charge is 0.352 e. The summed E-state index contributed by atoms with van der Waals surface area (Å²) >= 11 is 0. The van der Waals surface area contributed by atoms with Gasteiger partial charge in [-0.05, 0) is 36.2 Å². The molecule has 3 aromatic rings. The van der Waals surface area contributed by atoms with Gasteiger partial charge in [0.15, 0.2) is 0 Å². The first-order valence-electron chi connectivity index (χ1n) is 11.8. The monoisotopic (exact) mass is 478 g/mol. The molecule has 1 saturated heterocycles. The van der Waals surface area contributed by atoms with Gasteiger partial charge in [-0.1, -0.05) is 48.5 Å². The number of hydrogen-bond donors (Lipinski definition) is 1. The predicted molar refractivity (Wildman–Crippen MR) is 130 cm³/mol. The fourth-order valence-corrected chi connectivity index (χ4v) is 6.67. The maximum Gasteiger partial charge on any atom is 0.243 e. The van der Waals surface area contributed by atoms with Gasteiger partial charge in [-0.2, -0.15) is 4.31 Å². The van der Waals surface area contributed by atoms with E-state index in [1.807, 2.05) is 41.1 Å². The molecular weight excluding hydrogens is 448 g/mol. The number of fused-ring (bicyclic) bond motifs is 1. The highest BCUT2D eigenvalue weighted by Crippen LogP contribution is 2.34. The zero-order valence-electron chi connectivity index (χ0n) is 19.1. The molecule has 1 N–H and O–H groups in total. The molecule has 178 valence electrons. The molecule has 3 heterocycles. The lowest BCUT2D eigenvalue weighted by molar-refractivity contribution is -0.122. The third-order valence-corrected chi connectivity index (χ3v) is 8.65. The molecule has 2 unspecified atom stereocenters. The smallest absolute Gasteiger partial charge is 0.243 e. The fourth-order valence-electron chi connectivity index (χ4n) is 5.06. The van der Waals surface area contributed by atoms with Gasteiger partial charge in [0.2, 0.25) is 15.9 Å². The third-order valence-electron chi connectivity index (χ3n) is 6.73. The van der Waals surface area contributed by atoms with Crippen LogP contribution in [0.4, 0.5) is 0 Å². The molecule has 0 bridgehead atoms. The van der Waals surface area contributed by atoms with Gasteiger partial charge >= 0.3 is 0 Å². The number of carbonyl (C=O) groups excluding carboxylic acids is 1. The van der Waals surface area contributed by atoms with E-state index in [-0.39, 0.29) is 23.3 Å². The Bertz CT molecular complexity index is 1230. The normalized spacial score (nSPS) is 21.3. The van der Waals surface area contributed by atoms with Crippen LogP contribution in [0.25, 0.3) is 0 Å². The summed E-state index contributed by atoms with van der Waals surface area (Å²) in [6.07, 6.45) is 2.95. The Labute approximate surface area is 201 Å². The Morgan fingerprint density at radius 3 is 2.41 bits per heavy atom. The van der Waals surface area contributed by atoms with E-state index in [1.165, 1.54) is 9.87 Å². The summed E-state index contributed by atoms with van der Waals surface area (Å²) in [5, 5.41) is 3.17. The van der Waals surface area contributed by atoms with E-state index in [2.05, 4.69) is 22.3 Å². The van der Waals surface area contributed by atoms with Crippen molar-refractivity contribution in [3.63, 3.8) is 0 Å². The lowest BCUT2D eigenvalue weighted by Gasteiger charge is -2.36. The van der Waals surface area contributed by atoms with Crippen molar-refractivity contribution < 1.29 is 13.2 Å². The summed E-state index contributed by atoms with van der Waals surface area (Å²) in [4.78, 5) is 15.7. The molecular formula is C26H30N4O3S. The highest BCUT2D eigenvalue weighted by atomic mass is 32.2. The second-order valence-electron chi connectivity index (χ2n) is 9.05. The first-order valence-corrected chi connectivity index (χ1v) is 13.2. The molecule has 0 saturated carbocycles. The minimum absolute atomic E-state index is 0.0748. The number of aromatic nitrogens is 1. The van der Waals surface area contributed by atoms with Gasteiger partial charge in [-0.3, -0.25) is 9.69 Å². The number of likely N-dealkylation sites (tertiary alicyclic amines) is 1. The van der Waals surface area contributed by atoms with Crippen molar-refractivity contribution in [1.29, 1.82) is 0 Å². The van der Waals surface area contributed by atoms with Crippen LogP contribution >= 0.6 is 0 Å². The molecule has 34 heavy (non-hydrogen) atoms. The Morgan fingerprint density at radius 2 is 1.65 bits per heavy atom. The topological polar surface area (TPSA) is 74.6 Å². The zero-order valence-corrected chi connectivity index (χ0v) is 19.9. The van der Waals surface area contributed by atoms with Crippen molar-refractivity contribution in [1.82, 2.24) is 19.1 Å². The number of amides is 1. The van der Waals surface area contributed by atoms with E-state index in [4.69, 9.17) is 0 Å². The highest BCUT2D eigenvalue weighted by molar-refractivity contribution is 7.89. The number of rotatable bonds is 7. The Hall–Kier alpha value is -2.94. The van der Waals surface area contributed by atoms with Crippen LogP contribution in [0.1, 0.15) is 30.1 Å². The molecule has 2 aromatic carbocycles. The van der Waals surface area contributed by atoms with Gasteiger partial charge in [-0.15, -0.1) is 0 Å². The number of carbonyl (C=O) groups is 1. The maximum atomic E-state index is 13.5. The van der Waals surface area contributed by atoms with Crippen molar-refractivity contribution >= 4 is 15.9 Å². The quantitative estimate of drug-likeness (QED) is 0.567. The van der Waals surface area contributed by atoms with Gasteiger partial charge in [-0.25, -0.2) is 8.42 Å². The molecule has 7 nitrogen and oxygen atoms in total. The first-order chi connectivity index (χ1) is 16.5. The van der Waals surface area contributed by atoms with Crippen molar-refractivity contribution in [3.05, 3.63) is 90.3 Å². The van der Waals surface area contributed by atoms with E-state index < -0.39 is 16.1 Å². The molecule has 1 fully saturated rings. The lowest BCUT2D eigenvalue weighted by Crippen LogP contribution is -2.45. The van der Waals surface area contributed by atoms with Gasteiger partial charge in [0.1, 0.15) is 0 Å². The van der Waals surface area contributed by atoms with Crippen LogP contribution in [0.15, 0.2) is 83.9 Å². The van der Waals surface area contributed by atoms with Crippen LogP contribution in [-0.4, -0.2) is 53.8 Å². The molecule has 1 amide bonds. The van der Waals surface area contributed by atoms with Crippen molar-refractivity contribution in [2.45, 2.75) is 42.9 Å². The summed E-state index contributed by atoms with van der Waals surface area (Å²) in [7, 11) is -3.72. The second kappa shape index (κ2) is 9.74. The molecule has 2 aliphatic rings. The predicted octanol–water partition coefficient (Wildman–Crippen LogP) is 3.01.